The van der Waals surface area contributed by atoms with E-state index in [0.29, 0.717) is 12.2 Å². The fourth-order valence-corrected chi connectivity index (χ4v) is 2.43. The Bertz CT molecular complexity index is 641. The van der Waals surface area contributed by atoms with Crippen molar-refractivity contribution < 1.29 is 0 Å². The normalized spacial score (nSPS) is 11.4. The Morgan fingerprint density at radius 1 is 1.45 bits per heavy atom. The van der Waals surface area contributed by atoms with Crippen molar-refractivity contribution in [3.05, 3.63) is 44.9 Å². The molecular weight excluding hydrogens is 320 g/mol. The summed E-state index contributed by atoms with van der Waals surface area (Å²) in [6.07, 6.45) is 2.82. The highest BCUT2D eigenvalue weighted by atomic mass is 79.9. The van der Waals surface area contributed by atoms with E-state index in [9.17, 15) is 4.79 Å². The van der Waals surface area contributed by atoms with Gasteiger partial charge in [-0.2, -0.15) is 0 Å². The number of fused-ring (bicyclic) bond motifs is 1. The lowest BCUT2D eigenvalue weighted by atomic mass is 10.3. The molecule has 0 saturated heterocycles. The first kappa shape index (κ1) is 15.2. The minimum absolute atomic E-state index is 0.0464. The van der Waals surface area contributed by atoms with Crippen LogP contribution in [0.15, 0.2) is 33.7 Å². The maximum Gasteiger partial charge on any atom is 0.258 e. The predicted molar refractivity (Wildman–Crippen MR) is 84.0 cm³/mol. The zero-order chi connectivity index (χ0) is 14.5. The Morgan fingerprint density at radius 2 is 2.25 bits per heavy atom. The molecule has 0 aliphatic rings. The van der Waals surface area contributed by atoms with Gasteiger partial charge in [0.15, 0.2) is 0 Å². The smallest absolute Gasteiger partial charge is 0.258 e. The average molecular weight is 339 g/mol. The van der Waals surface area contributed by atoms with Crippen LogP contribution in [0, 0.1) is 0 Å². The third kappa shape index (κ3) is 3.88. The largest absolute Gasteiger partial charge is 0.320 e. The molecular formula is C14H19BrN4O. The summed E-state index contributed by atoms with van der Waals surface area (Å²) in [5.74, 6) is 0. The lowest BCUT2D eigenvalue weighted by Gasteiger charge is -2.16. The average Bonchev–Trinajstić information content (AvgIpc) is 2.40. The van der Waals surface area contributed by atoms with Gasteiger partial charge in [0.1, 0.15) is 5.65 Å². The molecule has 2 aromatic heterocycles. The summed E-state index contributed by atoms with van der Waals surface area (Å²) in [6.45, 7) is 2.65. The molecule has 0 aliphatic carbocycles. The van der Waals surface area contributed by atoms with E-state index in [4.69, 9.17) is 0 Å². The van der Waals surface area contributed by atoms with Gasteiger partial charge < -0.3 is 10.2 Å². The lowest BCUT2D eigenvalue weighted by molar-refractivity contribution is 0.317. The number of aromatic nitrogens is 2. The highest BCUT2D eigenvalue weighted by Crippen LogP contribution is 2.10. The maximum atomic E-state index is 12.1. The molecule has 0 bridgehead atoms. The van der Waals surface area contributed by atoms with Crippen LogP contribution < -0.4 is 10.9 Å². The molecule has 2 rings (SSSR count). The molecule has 2 aromatic rings. The van der Waals surface area contributed by atoms with Gasteiger partial charge in [0.2, 0.25) is 0 Å². The highest BCUT2D eigenvalue weighted by molar-refractivity contribution is 9.10. The first-order chi connectivity index (χ1) is 9.60. The Labute approximate surface area is 126 Å². The topological polar surface area (TPSA) is 49.6 Å². The van der Waals surface area contributed by atoms with Crippen LogP contribution in [0.1, 0.15) is 12.1 Å². The van der Waals surface area contributed by atoms with Gasteiger partial charge >= 0.3 is 0 Å². The molecule has 0 fully saturated rings. The van der Waals surface area contributed by atoms with Crippen LogP contribution in [0.4, 0.5) is 0 Å². The van der Waals surface area contributed by atoms with Gasteiger partial charge in [-0.25, -0.2) is 4.98 Å². The van der Waals surface area contributed by atoms with Crippen molar-refractivity contribution in [1.82, 2.24) is 19.6 Å². The summed E-state index contributed by atoms with van der Waals surface area (Å²) in [4.78, 5) is 18.8. The summed E-state index contributed by atoms with van der Waals surface area (Å²) in [5.41, 5.74) is 1.44. The van der Waals surface area contributed by atoms with E-state index in [1.54, 1.807) is 16.7 Å². The van der Waals surface area contributed by atoms with E-state index < -0.39 is 0 Å². The molecule has 0 saturated carbocycles. The van der Waals surface area contributed by atoms with Crippen molar-refractivity contribution in [2.45, 2.75) is 13.0 Å². The van der Waals surface area contributed by atoms with E-state index in [0.717, 1.165) is 29.7 Å². The molecule has 5 nitrogen and oxygen atoms in total. The van der Waals surface area contributed by atoms with E-state index in [1.807, 2.05) is 26.2 Å². The van der Waals surface area contributed by atoms with Gasteiger partial charge in [-0.15, -0.1) is 0 Å². The number of rotatable bonds is 6. The minimum atomic E-state index is -0.0464. The van der Waals surface area contributed by atoms with E-state index >= 15 is 0 Å². The molecule has 108 valence electrons. The molecule has 0 aromatic carbocycles. The Hall–Kier alpha value is -1.24. The van der Waals surface area contributed by atoms with Crippen molar-refractivity contribution in [2.75, 3.05) is 27.2 Å². The number of hydrogen-bond donors (Lipinski definition) is 1. The quantitative estimate of drug-likeness (QED) is 0.811. The molecule has 20 heavy (non-hydrogen) atoms. The number of pyridine rings is 1. The van der Waals surface area contributed by atoms with Gasteiger partial charge in [0.25, 0.3) is 5.56 Å². The summed E-state index contributed by atoms with van der Waals surface area (Å²) in [6, 6.07) is 5.34. The Kier molecular flexibility index (Phi) is 5.28. The number of nitrogens with zero attached hydrogens (tertiary/aromatic N) is 3. The molecule has 1 N–H and O–H groups in total. The summed E-state index contributed by atoms with van der Waals surface area (Å²) < 4.78 is 2.42. The highest BCUT2D eigenvalue weighted by Gasteiger charge is 2.05. The predicted octanol–water partition coefficient (Wildman–Crippen LogP) is 1.50. The molecule has 0 aliphatic heterocycles. The summed E-state index contributed by atoms with van der Waals surface area (Å²) in [7, 11) is 3.99. The number of halogens is 1. The molecule has 0 atom stereocenters. The second-order valence-corrected chi connectivity index (χ2v) is 5.77. The van der Waals surface area contributed by atoms with Crippen LogP contribution in [0.3, 0.4) is 0 Å². The number of hydrogen-bond acceptors (Lipinski definition) is 4. The zero-order valence-corrected chi connectivity index (χ0v) is 13.4. The van der Waals surface area contributed by atoms with Crippen molar-refractivity contribution in [3.8, 4) is 0 Å². The maximum absolute atomic E-state index is 12.1. The fraction of sp³-hybridized carbons (Fsp3) is 0.429. The first-order valence-electron chi connectivity index (χ1n) is 6.61. The Balaban J connectivity index is 2.15. The first-order valence-corrected chi connectivity index (χ1v) is 7.40. The molecule has 0 unspecified atom stereocenters. The minimum Gasteiger partial charge on any atom is -0.320 e. The monoisotopic (exact) mass is 338 g/mol. The van der Waals surface area contributed by atoms with Gasteiger partial charge in [-0.1, -0.05) is 0 Å². The van der Waals surface area contributed by atoms with Crippen molar-refractivity contribution in [2.24, 2.45) is 0 Å². The van der Waals surface area contributed by atoms with E-state index in [1.165, 1.54) is 0 Å². The van der Waals surface area contributed by atoms with Crippen LogP contribution in [-0.4, -0.2) is 41.5 Å². The van der Waals surface area contributed by atoms with Gasteiger partial charge in [-0.05, 0) is 61.7 Å². The molecule has 0 radical (unpaired) electrons. The summed E-state index contributed by atoms with van der Waals surface area (Å²) in [5, 5.41) is 3.13. The van der Waals surface area contributed by atoms with Crippen molar-refractivity contribution in [3.63, 3.8) is 0 Å². The van der Waals surface area contributed by atoms with Gasteiger partial charge in [-0.3, -0.25) is 9.20 Å². The second-order valence-electron chi connectivity index (χ2n) is 4.86. The second kappa shape index (κ2) is 6.97. The fourth-order valence-electron chi connectivity index (χ4n) is 2.09. The molecule has 0 spiro atoms. The molecule has 2 heterocycles. The van der Waals surface area contributed by atoms with Crippen molar-refractivity contribution in [1.29, 1.82) is 0 Å². The standard InChI is InChI=1S/C14H19BrN4O/c1-16-6-3-7-18(2)10-12-8-14(20)19-9-11(15)4-5-13(19)17-12/h4-5,8-9,16H,3,6-7,10H2,1-2H3. The van der Waals surface area contributed by atoms with E-state index in [-0.39, 0.29) is 5.56 Å². The Morgan fingerprint density at radius 3 is 3.00 bits per heavy atom. The van der Waals surface area contributed by atoms with Crippen LogP contribution in [0.25, 0.3) is 5.65 Å². The van der Waals surface area contributed by atoms with Crippen LogP contribution in [-0.2, 0) is 6.54 Å². The van der Waals surface area contributed by atoms with Crippen LogP contribution >= 0.6 is 15.9 Å². The van der Waals surface area contributed by atoms with Crippen LogP contribution in [0.5, 0.6) is 0 Å². The van der Waals surface area contributed by atoms with E-state index in [2.05, 4.69) is 31.1 Å². The van der Waals surface area contributed by atoms with Gasteiger partial charge in [0, 0.05) is 23.3 Å². The third-order valence-electron chi connectivity index (χ3n) is 3.08. The van der Waals surface area contributed by atoms with Crippen molar-refractivity contribution >= 4 is 21.6 Å². The number of nitrogens with one attached hydrogen (secondary N) is 1. The van der Waals surface area contributed by atoms with Gasteiger partial charge in [0.05, 0.1) is 5.69 Å². The zero-order valence-electron chi connectivity index (χ0n) is 11.8. The van der Waals surface area contributed by atoms with Crippen LogP contribution in [0.2, 0.25) is 0 Å². The SMILES string of the molecule is CNCCCN(C)Cc1cc(=O)n2cc(Br)ccc2n1. The summed E-state index contributed by atoms with van der Waals surface area (Å²) >= 11 is 3.36. The molecule has 6 heteroatoms. The third-order valence-corrected chi connectivity index (χ3v) is 3.54. The lowest BCUT2D eigenvalue weighted by Crippen LogP contribution is -2.24. The molecule has 0 amide bonds.